The van der Waals surface area contributed by atoms with Gasteiger partial charge in [0.15, 0.2) is 5.78 Å². The lowest BCUT2D eigenvalue weighted by molar-refractivity contribution is -0.129. The number of carbonyl (C=O) groups excluding carboxylic acids is 1. The SMILES string of the molecule is CCN(CC)C(C)(CC)C(=O)Cc1ccn(C(C)C)n1. The van der Waals surface area contributed by atoms with Crippen molar-refractivity contribution in [2.75, 3.05) is 13.1 Å². The van der Waals surface area contributed by atoms with Crippen molar-refractivity contribution in [3.63, 3.8) is 0 Å². The Morgan fingerprint density at radius 3 is 2.35 bits per heavy atom. The maximum atomic E-state index is 12.7. The van der Waals surface area contributed by atoms with E-state index in [0.717, 1.165) is 25.2 Å². The second-order valence-corrected chi connectivity index (χ2v) is 5.78. The summed E-state index contributed by atoms with van der Waals surface area (Å²) in [4.78, 5) is 15.0. The average Bonchev–Trinajstić information content (AvgIpc) is 2.88. The normalized spacial score (nSPS) is 14.8. The molecule has 4 nitrogen and oxygen atoms in total. The first-order chi connectivity index (χ1) is 9.38. The highest BCUT2D eigenvalue weighted by Crippen LogP contribution is 2.22. The highest BCUT2D eigenvalue weighted by atomic mass is 16.1. The second-order valence-electron chi connectivity index (χ2n) is 5.78. The van der Waals surface area contributed by atoms with Crippen molar-refractivity contribution in [3.05, 3.63) is 18.0 Å². The van der Waals surface area contributed by atoms with Gasteiger partial charge in [0.1, 0.15) is 0 Å². The van der Waals surface area contributed by atoms with Gasteiger partial charge in [0.25, 0.3) is 0 Å². The van der Waals surface area contributed by atoms with Crippen molar-refractivity contribution in [3.8, 4) is 0 Å². The summed E-state index contributed by atoms with van der Waals surface area (Å²) in [6.45, 7) is 14.3. The van der Waals surface area contributed by atoms with Gasteiger partial charge in [-0.2, -0.15) is 5.10 Å². The molecule has 1 aromatic rings. The summed E-state index contributed by atoms with van der Waals surface area (Å²) < 4.78 is 1.91. The van der Waals surface area contributed by atoms with Gasteiger partial charge in [-0.25, -0.2) is 0 Å². The average molecular weight is 279 g/mol. The van der Waals surface area contributed by atoms with Crippen LogP contribution in [0.2, 0.25) is 0 Å². The van der Waals surface area contributed by atoms with Crippen LogP contribution in [0.3, 0.4) is 0 Å². The molecule has 0 aliphatic heterocycles. The predicted molar refractivity (Wildman–Crippen MR) is 82.9 cm³/mol. The quantitative estimate of drug-likeness (QED) is 0.734. The molecule has 0 aromatic carbocycles. The van der Waals surface area contributed by atoms with Crippen LogP contribution >= 0.6 is 0 Å². The molecule has 0 aliphatic rings. The Kier molecular flexibility index (Phi) is 5.93. The van der Waals surface area contributed by atoms with Crippen molar-refractivity contribution < 1.29 is 4.79 Å². The van der Waals surface area contributed by atoms with Crippen molar-refractivity contribution in [2.45, 2.75) is 66.0 Å². The van der Waals surface area contributed by atoms with Gasteiger partial charge in [-0.1, -0.05) is 20.8 Å². The van der Waals surface area contributed by atoms with E-state index in [-0.39, 0.29) is 11.3 Å². The number of rotatable bonds is 8. The summed E-state index contributed by atoms with van der Waals surface area (Å²) in [6, 6.07) is 2.29. The number of likely N-dealkylation sites (N-methyl/N-ethyl adjacent to an activating group) is 1. The first kappa shape index (κ1) is 16.9. The summed E-state index contributed by atoms with van der Waals surface area (Å²) >= 11 is 0. The van der Waals surface area contributed by atoms with E-state index in [1.165, 1.54) is 0 Å². The lowest BCUT2D eigenvalue weighted by Gasteiger charge is -2.38. The molecule has 0 saturated heterocycles. The summed E-state index contributed by atoms with van der Waals surface area (Å²) in [6.07, 6.45) is 3.20. The summed E-state index contributed by atoms with van der Waals surface area (Å²) in [5, 5.41) is 4.49. The summed E-state index contributed by atoms with van der Waals surface area (Å²) in [7, 11) is 0. The van der Waals surface area contributed by atoms with Gasteiger partial charge >= 0.3 is 0 Å². The first-order valence-corrected chi connectivity index (χ1v) is 7.71. The second kappa shape index (κ2) is 7.02. The number of nitrogens with zero attached hydrogens (tertiary/aromatic N) is 3. The highest BCUT2D eigenvalue weighted by molar-refractivity contribution is 5.89. The van der Waals surface area contributed by atoms with Gasteiger partial charge < -0.3 is 0 Å². The number of hydrogen-bond donors (Lipinski definition) is 0. The molecule has 0 amide bonds. The largest absolute Gasteiger partial charge is 0.297 e. The molecule has 1 atom stereocenters. The summed E-state index contributed by atoms with van der Waals surface area (Å²) in [5.41, 5.74) is 0.487. The Hall–Kier alpha value is -1.16. The molecule has 0 aliphatic carbocycles. The van der Waals surface area contributed by atoms with Gasteiger partial charge in [0, 0.05) is 12.2 Å². The van der Waals surface area contributed by atoms with Crippen molar-refractivity contribution in [1.29, 1.82) is 0 Å². The Morgan fingerprint density at radius 2 is 1.95 bits per heavy atom. The minimum Gasteiger partial charge on any atom is -0.297 e. The Balaban J connectivity index is 2.86. The van der Waals surface area contributed by atoms with Crippen LogP contribution in [0.15, 0.2) is 12.3 Å². The molecule has 4 heteroatoms. The molecule has 1 heterocycles. The maximum absolute atomic E-state index is 12.7. The third-order valence-electron chi connectivity index (χ3n) is 4.28. The van der Waals surface area contributed by atoms with Gasteiger partial charge in [-0.05, 0) is 46.3 Å². The van der Waals surface area contributed by atoms with E-state index in [0.29, 0.717) is 12.5 Å². The highest BCUT2D eigenvalue weighted by Gasteiger charge is 2.35. The molecular weight excluding hydrogens is 250 g/mol. The van der Waals surface area contributed by atoms with Crippen LogP contribution in [0.25, 0.3) is 0 Å². The molecule has 0 fully saturated rings. The van der Waals surface area contributed by atoms with Crippen molar-refractivity contribution >= 4 is 5.78 Å². The van der Waals surface area contributed by atoms with E-state index in [1.54, 1.807) is 0 Å². The van der Waals surface area contributed by atoms with Crippen LogP contribution in [0.4, 0.5) is 0 Å². The molecule has 0 spiro atoms. The first-order valence-electron chi connectivity index (χ1n) is 7.71. The van der Waals surface area contributed by atoms with Crippen LogP contribution < -0.4 is 0 Å². The monoisotopic (exact) mass is 279 g/mol. The number of carbonyl (C=O) groups is 1. The molecule has 0 N–H and O–H groups in total. The maximum Gasteiger partial charge on any atom is 0.158 e. The molecule has 0 bridgehead atoms. The number of Topliss-reactive ketones (excluding diaryl/α,β-unsaturated/α-hetero) is 1. The molecular formula is C16H29N3O. The number of hydrogen-bond acceptors (Lipinski definition) is 3. The van der Waals surface area contributed by atoms with Gasteiger partial charge in [-0.15, -0.1) is 0 Å². The lowest BCUT2D eigenvalue weighted by atomic mass is 9.88. The van der Waals surface area contributed by atoms with Gasteiger partial charge in [0.2, 0.25) is 0 Å². The lowest BCUT2D eigenvalue weighted by Crippen LogP contribution is -2.52. The third kappa shape index (κ3) is 3.48. The zero-order valence-electron chi connectivity index (χ0n) is 13.8. The fourth-order valence-electron chi connectivity index (χ4n) is 2.63. The standard InChI is InChI=1S/C16H29N3O/c1-7-16(6,18(8-2)9-3)15(20)12-14-10-11-19(17-14)13(4)5/h10-11,13H,7-9,12H2,1-6H3. The van der Waals surface area contributed by atoms with Crippen LogP contribution in [-0.2, 0) is 11.2 Å². The fraction of sp³-hybridized carbons (Fsp3) is 0.750. The fourth-order valence-corrected chi connectivity index (χ4v) is 2.63. The predicted octanol–water partition coefficient (Wildman–Crippen LogP) is 3.09. The molecule has 20 heavy (non-hydrogen) atoms. The van der Waals surface area contributed by atoms with E-state index < -0.39 is 0 Å². The van der Waals surface area contributed by atoms with Gasteiger partial charge in [-0.3, -0.25) is 14.4 Å². The number of ketones is 1. The minimum absolute atomic E-state index is 0.262. The van der Waals surface area contributed by atoms with Crippen LogP contribution in [-0.4, -0.2) is 39.1 Å². The Morgan fingerprint density at radius 1 is 1.35 bits per heavy atom. The van der Waals surface area contributed by atoms with E-state index in [9.17, 15) is 4.79 Å². The smallest absolute Gasteiger partial charge is 0.158 e. The molecule has 0 radical (unpaired) electrons. The van der Waals surface area contributed by atoms with Crippen molar-refractivity contribution in [2.24, 2.45) is 0 Å². The van der Waals surface area contributed by atoms with E-state index in [2.05, 4.69) is 51.5 Å². The van der Waals surface area contributed by atoms with E-state index in [4.69, 9.17) is 0 Å². The topological polar surface area (TPSA) is 38.1 Å². The Bertz CT molecular complexity index is 435. The van der Waals surface area contributed by atoms with E-state index >= 15 is 0 Å². The Labute approximate surface area is 123 Å². The third-order valence-corrected chi connectivity index (χ3v) is 4.28. The zero-order chi connectivity index (χ0) is 15.3. The van der Waals surface area contributed by atoms with Crippen LogP contribution in [0.5, 0.6) is 0 Å². The minimum atomic E-state index is -0.384. The zero-order valence-corrected chi connectivity index (χ0v) is 13.8. The van der Waals surface area contributed by atoms with E-state index in [1.807, 2.05) is 16.9 Å². The van der Waals surface area contributed by atoms with Crippen LogP contribution in [0, 0.1) is 0 Å². The summed E-state index contributed by atoms with van der Waals surface area (Å²) in [5.74, 6) is 0.262. The molecule has 114 valence electrons. The molecule has 1 aromatic heterocycles. The van der Waals surface area contributed by atoms with Crippen LogP contribution in [0.1, 0.15) is 59.7 Å². The molecule has 1 unspecified atom stereocenters. The molecule has 0 saturated carbocycles. The number of aromatic nitrogens is 2. The molecule has 1 rings (SSSR count). The van der Waals surface area contributed by atoms with Crippen molar-refractivity contribution in [1.82, 2.24) is 14.7 Å². The van der Waals surface area contributed by atoms with Gasteiger partial charge in [0.05, 0.1) is 17.7 Å².